The zero-order valence-corrected chi connectivity index (χ0v) is 11.5. The Kier molecular flexibility index (Phi) is 3.34. The number of aryl methyl sites for hydroxylation is 2. The third kappa shape index (κ3) is 2.34. The zero-order chi connectivity index (χ0) is 14.2. The summed E-state index contributed by atoms with van der Waals surface area (Å²) < 4.78 is 0. The van der Waals surface area contributed by atoms with Gasteiger partial charge in [-0.2, -0.15) is 0 Å². The van der Waals surface area contributed by atoms with Crippen molar-refractivity contribution in [2.24, 2.45) is 0 Å². The van der Waals surface area contributed by atoms with Crippen LogP contribution in [-0.4, -0.2) is 21.0 Å². The summed E-state index contributed by atoms with van der Waals surface area (Å²) in [5.41, 5.74) is 6.28. The molecule has 0 saturated heterocycles. The molecule has 98 valence electrons. The number of hydrogen-bond donors (Lipinski definition) is 1. The van der Waals surface area contributed by atoms with Gasteiger partial charge in [-0.25, -0.2) is 14.8 Å². The van der Waals surface area contributed by atoms with E-state index in [0.29, 0.717) is 5.69 Å². The van der Waals surface area contributed by atoms with Crippen molar-refractivity contribution in [3.63, 3.8) is 0 Å². The first-order chi connectivity index (χ1) is 8.91. The highest BCUT2D eigenvalue weighted by atomic mass is 16.4. The standard InChI is InChI=1S/C15H16N2O2/c1-8-5-9(2)11(4)14(10(8)3)12-6-13(15(18)19)17-7-16-12/h5-7H,1-4H3,(H,18,19). The van der Waals surface area contributed by atoms with Crippen LogP contribution < -0.4 is 0 Å². The van der Waals surface area contributed by atoms with E-state index in [1.165, 1.54) is 23.5 Å². The van der Waals surface area contributed by atoms with Gasteiger partial charge >= 0.3 is 5.97 Å². The van der Waals surface area contributed by atoms with Crippen LogP contribution in [0.5, 0.6) is 0 Å². The number of carboxylic acid groups (broad SMARTS) is 1. The van der Waals surface area contributed by atoms with Gasteiger partial charge in [-0.05, 0) is 56.0 Å². The van der Waals surface area contributed by atoms with E-state index in [0.717, 1.165) is 16.7 Å². The van der Waals surface area contributed by atoms with Crippen molar-refractivity contribution in [2.75, 3.05) is 0 Å². The van der Waals surface area contributed by atoms with E-state index in [1.54, 1.807) is 0 Å². The molecule has 2 rings (SSSR count). The lowest BCUT2D eigenvalue weighted by Crippen LogP contribution is -2.03. The molecule has 19 heavy (non-hydrogen) atoms. The molecule has 0 aliphatic heterocycles. The van der Waals surface area contributed by atoms with Gasteiger partial charge in [0.25, 0.3) is 0 Å². The fraction of sp³-hybridized carbons (Fsp3) is 0.267. The quantitative estimate of drug-likeness (QED) is 0.896. The highest BCUT2D eigenvalue weighted by molar-refractivity contribution is 5.87. The number of nitrogens with zero attached hydrogens (tertiary/aromatic N) is 2. The second kappa shape index (κ2) is 4.80. The molecule has 1 N–H and O–H groups in total. The minimum Gasteiger partial charge on any atom is -0.477 e. The Bertz CT molecular complexity index is 637. The third-order valence-electron chi connectivity index (χ3n) is 3.51. The van der Waals surface area contributed by atoms with Crippen molar-refractivity contribution in [3.8, 4) is 11.3 Å². The number of carbonyl (C=O) groups is 1. The summed E-state index contributed by atoms with van der Waals surface area (Å²) in [6.45, 7) is 8.15. The molecule has 4 heteroatoms. The Morgan fingerprint density at radius 3 is 2.11 bits per heavy atom. The van der Waals surface area contributed by atoms with E-state index in [1.807, 2.05) is 27.7 Å². The van der Waals surface area contributed by atoms with Crippen molar-refractivity contribution in [2.45, 2.75) is 27.7 Å². The minimum atomic E-state index is -1.04. The smallest absolute Gasteiger partial charge is 0.354 e. The molecule has 0 fully saturated rings. The fourth-order valence-electron chi connectivity index (χ4n) is 2.21. The molecule has 0 unspecified atom stereocenters. The van der Waals surface area contributed by atoms with Crippen LogP contribution in [0.25, 0.3) is 11.3 Å². The first-order valence-electron chi connectivity index (χ1n) is 6.05. The average molecular weight is 256 g/mol. The SMILES string of the molecule is Cc1cc(C)c(C)c(-c2cc(C(=O)O)ncn2)c1C. The van der Waals surface area contributed by atoms with Crippen LogP contribution in [0.2, 0.25) is 0 Å². The van der Waals surface area contributed by atoms with Gasteiger partial charge in [0.2, 0.25) is 0 Å². The molecule has 0 amide bonds. The molecule has 0 aliphatic carbocycles. The second-order valence-corrected chi connectivity index (χ2v) is 4.73. The first kappa shape index (κ1) is 13.2. The van der Waals surface area contributed by atoms with E-state index in [4.69, 9.17) is 5.11 Å². The molecule has 0 radical (unpaired) electrons. The molecule has 0 spiro atoms. The Morgan fingerprint density at radius 1 is 1.00 bits per heavy atom. The summed E-state index contributed by atoms with van der Waals surface area (Å²) >= 11 is 0. The van der Waals surface area contributed by atoms with E-state index in [2.05, 4.69) is 16.0 Å². The van der Waals surface area contributed by atoms with E-state index < -0.39 is 5.97 Å². The maximum Gasteiger partial charge on any atom is 0.354 e. The van der Waals surface area contributed by atoms with Crippen molar-refractivity contribution in [1.29, 1.82) is 0 Å². The summed E-state index contributed by atoms with van der Waals surface area (Å²) in [6.07, 6.45) is 1.30. The molecule has 0 saturated carbocycles. The summed E-state index contributed by atoms with van der Waals surface area (Å²) in [5, 5.41) is 9.01. The molecule has 0 aliphatic rings. The lowest BCUT2D eigenvalue weighted by molar-refractivity contribution is 0.0690. The number of carboxylic acids is 1. The Hall–Kier alpha value is -2.23. The maximum atomic E-state index is 11.0. The fourth-order valence-corrected chi connectivity index (χ4v) is 2.21. The lowest BCUT2D eigenvalue weighted by Gasteiger charge is -2.14. The number of hydrogen-bond acceptors (Lipinski definition) is 3. The summed E-state index contributed by atoms with van der Waals surface area (Å²) in [4.78, 5) is 19.0. The molecule has 1 aromatic carbocycles. The normalized spacial score (nSPS) is 10.5. The van der Waals surface area contributed by atoms with Crippen LogP contribution in [0.15, 0.2) is 18.5 Å². The predicted molar refractivity (Wildman–Crippen MR) is 73.4 cm³/mol. The van der Waals surface area contributed by atoms with Crippen LogP contribution in [0.3, 0.4) is 0 Å². The predicted octanol–water partition coefficient (Wildman–Crippen LogP) is 3.08. The van der Waals surface area contributed by atoms with Crippen molar-refractivity contribution < 1.29 is 9.90 Å². The van der Waals surface area contributed by atoms with E-state index >= 15 is 0 Å². The highest BCUT2D eigenvalue weighted by Gasteiger charge is 2.14. The van der Waals surface area contributed by atoms with Gasteiger partial charge in [0, 0.05) is 5.56 Å². The van der Waals surface area contributed by atoms with Gasteiger partial charge in [-0.1, -0.05) is 6.07 Å². The van der Waals surface area contributed by atoms with E-state index in [9.17, 15) is 4.79 Å². The first-order valence-corrected chi connectivity index (χ1v) is 6.05. The van der Waals surface area contributed by atoms with Crippen molar-refractivity contribution in [3.05, 3.63) is 46.4 Å². The third-order valence-corrected chi connectivity index (χ3v) is 3.51. The molecule has 0 atom stereocenters. The maximum absolute atomic E-state index is 11.0. The van der Waals surface area contributed by atoms with Crippen LogP contribution in [0.4, 0.5) is 0 Å². The Balaban J connectivity index is 2.72. The minimum absolute atomic E-state index is 0.0166. The molecule has 4 nitrogen and oxygen atoms in total. The summed E-state index contributed by atoms with van der Waals surface area (Å²) in [7, 11) is 0. The molecule has 2 aromatic rings. The van der Waals surface area contributed by atoms with Crippen molar-refractivity contribution in [1.82, 2.24) is 9.97 Å². The summed E-state index contributed by atoms with van der Waals surface area (Å²) in [5.74, 6) is -1.04. The Labute approximate surface area is 112 Å². The van der Waals surface area contributed by atoms with Crippen LogP contribution >= 0.6 is 0 Å². The largest absolute Gasteiger partial charge is 0.477 e. The second-order valence-electron chi connectivity index (χ2n) is 4.73. The topological polar surface area (TPSA) is 63.1 Å². The van der Waals surface area contributed by atoms with Gasteiger partial charge in [-0.3, -0.25) is 0 Å². The molecule has 0 bridgehead atoms. The molecule has 1 aromatic heterocycles. The average Bonchev–Trinajstić information content (AvgIpc) is 2.37. The van der Waals surface area contributed by atoms with Gasteiger partial charge in [0.05, 0.1) is 5.69 Å². The van der Waals surface area contributed by atoms with Crippen LogP contribution in [0, 0.1) is 27.7 Å². The van der Waals surface area contributed by atoms with Gasteiger partial charge < -0.3 is 5.11 Å². The summed E-state index contributed by atoms with van der Waals surface area (Å²) in [6, 6.07) is 3.66. The molecular weight excluding hydrogens is 240 g/mol. The zero-order valence-electron chi connectivity index (χ0n) is 11.5. The lowest BCUT2D eigenvalue weighted by atomic mass is 9.92. The number of aromatic carboxylic acids is 1. The number of rotatable bonds is 2. The van der Waals surface area contributed by atoms with Crippen molar-refractivity contribution >= 4 is 5.97 Å². The molecule has 1 heterocycles. The van der Waals surface area contributed by atoms with E-state index in [-0.39, 0.29) is 5.69 Å². The van der Waals surface area contributed by atoms with Gasteiger partial charge in [-0.15, -0.1) is 0 Å². The molecular formula is C15H16N2O2. The number of aromatic nitrogens is 2. The highest BCUT2D eigenvalue weighted by Crippen LogP contribution is 2.30. The van der Waals surface area contributed by atoms with Gasteiger partial charge in [0.1, 0.15) is 6.33 Å². The number of benzene rings is 1. The Morgan fingerprint density at radius 2 is 1.58 bits per heavy atom. The van der Waals surface area contributed by atoms with Gasteiger partial charge in [0.15, 0.2) is 5.69 Å². The van der Waals surface area contributed by atoms with Crippen LogP contribution in [-0.2, 0) is 0 Å². The monoisotopic (exact) mass is 256 g/mol. The van der Waals surface area contributed by atoms with Crippen LogP contribution in [0.1, 0.15) is 32.7 Å².